The molecular weight excluding hydrogens is 196 g/mol. The summed E-state index contributed by atoms with van der Waals surface area (Å²) in [6.45, 7) is 2.10. The molecule has 1 aliphatic rings. The van der Waals surface area contributed by atoms with Crippen molar-refractivity contribution >= 4 is 11.5 Å². The molecule has 86 valence electrons. The molecule has 0 saturated heterocycles. The van der Waals surface area contributed by atoms with Crippen molar-refractivity contribution in [1.29, 1.82) is 5.41 Å². The third-order valence-corrected chi connectivity index (χ3v) is 3.58. The first-order valence-electron chi connectivity index (χ1n) is 6.08. The highest BCUT2D eigenvalue weighted by atomic mass is 15.1. The van der Waals surface area contributed by atoms with Crippen molar-refractivity contribution in [3.8, 4) is 0 Å². The van der Waals surface area contributed by atoms with E-state index in [1.807, 2.05) is 24.1 Å². The summed E-state index contributed by atoms with van der Waals surface area (Å²) in [7, 11) is 2.02. The van der Waals surface area contributed by atoms with Crippen LogP contribution in [0.3, 0.4) is 0 Å². The summed E-state index contributed by atoms with van der Waals surface area (Å²) in [4.78, 5) is 2.05. The lowest BCUT2D eigenvalue weighted by molar-refractivity contribution is 0.710. The minimum Gasteiger partial charge on any atom is -0.333 e. The van der Waals surface area contributed by atoms with E-state index in [2.05, 4.69) is 19.1 Å². The molecule has 0 aliphatic heterocycles. The lowest BCUT2D eigenvalue weighted by Crippen LogP contribution is -2.31. The van der Waals surface area contributed by atoms with Gasteiger partial charge in [-0.3, -0.25) is 5.41 Å². The number of hydrogen-bond donors (Lipinski definition) is 1. The second kappa shape index (κ2) is 4.69. The average Bonchev–Trinajstić information content (AvgIpc) is 2.81. The third-order valence-electron chi connectivity index (χ3n) is 3.58. The smallest absolute Gasteiger partial charge is 0.103 e. The molecule has 2 rings (SSSR count). The van der Waals surface area contributed by atoms with Crippen LogP contribution in [0.15, 0.2) is 24.3 Å². The molecule has 1 N–H and O–H groups in total. The van der Waals surface area contributed by atoms with E-state index < -0.39 is 0 Å². The first-order valence-corrected chi connectivity index (χ1v) is 6.08. The number of hydrogen-bond acceptors (Lipinski definition) is 1. The Labute approximate surface area is 97.8 Å². The molecule has 1 aliphatic carbocycles. The van der Waals surface area contributed by atoms with Crippen molar-refractivity contribution in [2.45, 2.75) is 32.6 Å². The highest BCUT2D eigenvalue weighted by Crippen LogP contribution is 2.29. The first-order chi connectivity index (χ1) is 7.70. The summed E-state index contributed by atoms with van der Waals surface area (Å²) in [6.07, 6.45) is 4.95. The molecule has 0 spiro atoms. The number of nitrogens with zero attached hydrogens (tertiary/aromatic N) is 1. The highest BCUT2D eigenvalue weighted by Gasteiger charge is 2.23. The number of amidine groups is 1. The maximum atomic E-state index is 8.25. The van der Waals surface area contributed by atoms with E-state index in [0.29, 0.717) is 5.92 Å². The summed E-state index contributed by atoms with van der Waals surface area (Å²) >= 11 is 0. The van der Waals surface area contributed by atoms with Crippen LogP contribution in [0.1, 0.15) is 31.2 Å². The van der Waals surface area contributed by atoms with Crippen molar-refractivity contribution in [2.75, 3.05) is 11.9 Å². The average molecular weight is 216 g/mol. The topological polar surface area (TPSA) is 27.1 Å². The molecule has 1 fully saturated rings. The van der Waals surface area contributed by atoms with Gasteiger partial charge in [-0.1, -0.05) is 31.0 Å². The maximum absolute atomic E-state index is 8.25. The zero-order chi connectivity index (χ0) is 11.5. The quantitative estimate of drug-likeness (QED) is 0.593. The zero-order valence-electron chi connectivity index (χ0n) is 10.2. The van der Waals surface area contributed by atoms with Crippen molar-refractivity contribution < 1.29 is 0 Å². The summed E-state index contributed by atoms with van der Waals surface area (Å²) in [6, 6.07) is 8.29. The lowest BCUT2D eigenvalue weighted by atomic mass is 10.1. The molecule has 0 heterocycles. The van der Waals surface area contributed by atoms with Crippen molar-refractivity contribution in [1.82, 2.24) is 0 Å². The number of benzene rings is 1. The van der Waals surface area contributed by atoms with Gasteiger partial charge in [-0.25, -0.2) is 0 Å². The van der Waals surface area contributed by atoms with E-state index in [-0.39, 0.29) is 0 Å². The van der Waals surface area contributed by atoms with Crippen LogP contribution in [0.25, 0.3) is 0 Å². The second-order valence-corrected chi connectivity index (χ2v) is 4.71. The summed E-state index contributed by atoms with van der Waals surface area (Å²) in [5, 5.41) is 8.25. The van der Waals surface area contributed by atoms with Gasteiger partial charge in [0.25, 0.3) is 0 Å². The molecule has 0 radical (unpaired) electrons. The predicted molar refractivity (Wildman–Crippen MR) is 69.3 cm³/mol. The Morgan fingerprint density at radius 1 is 1.25 bits per heavy atom. The summed E-state index contributed by atoms with van der Waals surface area (Å²) in [5.74, 6) is 1.26. The van der Waals surface area contributed by atoms with Gasteiger partial charge in [0, 0.05) is 18.7 Å². The Morgan fingerprint density at radius 3 is 2.50 bits per heavy atom. The molecule has 1 aromatic rings. The molecule has 0 unspecified atom stereocenters. The van der Waals surface area contributed by atoms with Gasteiger partial charge in [-0.2, -0.15) is 0 Å². The van der Waals surface area contributed by atoms with E-state index in [4.69, 9.17) is 5.41 Å². The standard InChI is InChI=1S/C14H20N2/c1-11-7-3-6-10-13(11)16(2)14(15)12-8-4-5-9-12/h3,6-7,10,12,15H,4-5,8-9H2,1-2H3. The van der Waals surface area contributed by atoms with Crippen LogP contribution in [0.2, 0.25) is 0 Å². The van der Waals surface area contributed by atoms with Gasteiger partial charge in [-0.15, -0.1) is 0 Å². The summed E-state index contributed by atoms with van der Waals surface area (Å²) < 4.78 is 0. The summed E-state index contributed by atoms with van der Waals surface area (Å²) in [5.41, 5.74) is 2.41. The number of nitrogens with one attached hydrogen (secondary N) is 1. The number of anilines is 1. The van der Waals surface area contributed by atoms with Crippen LogP contribution >= 0.6 is 0 Å². The van der Waals surface area contributed by atoms with Crippen LogP contribution in [0.4, 0.5) is 5.69 Å². The Hall–Kier alpha value is -1.31. The Bertz CT molecular complexity index is 378. The fourth-order valence-corrected chi connectivity index (χ4v) is 2.54. The Balaban J connectivity index is 2.15. The molecule has 0 bridgehead atoms. The lowest BCUT2D eigenvalue weighted by Gasteiger charge is -2.25. The van der Waals surface area contributed by atoms with Gasteiger partial charge >= 0.3 is 0 Å². The Kier molecular flexibility index (Phi) is 3.28. The number of rotatable bonds is 2. The van der Waals surface area contributed by atoms with Gasteiger partial charge in [-0.05, 0) is 31.4 Å². The maximum Gasteiger partial charge on any atom is 0.103 e. The van der Waals surface area contributed by atoms with Crippen LogP contribution < -0.4 is 4.90 Å². The third kappa shape index (κ3) is 2.11. The monoisotopic (exact) mass is 216 g/mol. The van der Waals surface area contributed by atoms with Gasteiger partial charge < -0.3 is 4.90 Å². The second-order valence-electron chi connectivity index (χ2n) is 4.71. The van der Waals surface area contributed by atoms with Gasteiger partial charge in [0.05, 0.1) is 0 Å². The molecular formula is C14H20N2. The molecule has 1 aromatic carbocycles. The van der Waals surface area contributed by atoms with E-state index in [0.717, 1.165) is 5.84 Å². The minimum absolute atomic E-state index is 0.476. The van der Waals surface area contributed by atoms with Gasteiger partial charge in [0.1, 0.15) is 5.84 Å². The SMILES string of the molecule is Cc1ccccc1N(C)C(=N)C1CCCC1. The molecule has 0 atom stereocenters. The molecule has 1 saturated carbocycles. The predicted octanol–water partition coefficient (Wildman–Crippen LogP) is 3.60. The zero-order valence-corrected chi connectivity index (χ0v) is 10.2. The first kappa shape index (κ1) is 11.2. The van der Waals surface area contributed by atoms with Crippen molar-refractivity contribution in [2.24, 2.45) is 5.92 Å². The largest absolute Gasteiger partial charge is 0.333 e. The van der Waals surface area contributed by atoms with Crippen molar-refractivity contribution in [3.05, 3.63) is 29.8 Å². The van der Waals surface area contributed by atoms with Gasteiger partial charge in [0.15, 0.2) is 0 Å². The molecule has 2 heteroatoms. The van der Waals surface area contributed by atoms with Gasteiger partial charge in [0.2, 0.25) is 0 Å². The van der Waals surface area contributed by atoms with Crippen LogP contribution in [-0.4, -0.2) is 12.9 Å². The Morgan fingerprint density at radius 2 is 1.88 bits per heavy atom. The number of aryl methyl sites for hydroxylation is 1. The number of para-hydroxylation sites is 1. The molecule has 0 amide bonds. The van der Waals surface area contributed by atoms with E-state index in [1.54, 1.807) is 0 Å². The van der Waals surface area contributed by atoms with Crippen LogP contribution in [0, 0.1) is 18.3 Å². The highest BCUT2D eigenvalue weighted by molar-refractivity contribution is 5.97. The fourth-order valence-electron chi connectivity index (χ4n) is 2.54. The fraction of sp³-hybridized carbons (Fsp3) is 0.500. The van der Waals surface area contributed by atoms with Crippen LogP contribution in [-0.2, 0) is 0 Å². The molecule has 0 aromatic heterocycles. The van der Waals surface area contributed by atoms with Crippen molar-refractivity contribution in [3.63, 3.8) is 0 Å². The minimum atomic E-state index is 0.476. The molecule has 2 nitrogen and oxygen atoms in total. The molecule has 16 heavy (non-hydrogen) atoms. The van der Waals surface area contributed by atoms with E-state index in [1.165, 1.54) is 36.9 Å². The van der Waals surface area contributed by atoms with E-state index in [9.17, 15) is 0 Å². The van der Waals surface area contributed by atoms with E-state index >= 15 is 0 Å². The normalized spacial score (nSPS) is 16.4. The van der Waals surface area contributed by atoms with Crippen LogP contribution in [0.5, 0.6) is 0 Å².